The van der Waals surface area contributed by atoms with Gasteiger partial charge in [-0.3, -0.25) is 0 Å². The first-order chi connectivity index (χ1) is 4.34. The van der Waals surface area contributed by atoms with Crippen molar-refractivity contribution >= 4 is 6.20 Å². The highest BCUT2D eigenvalue weighted by atomic mass is 79.9. The zero-order valence-electron chi connectivity index (χ0n) is 5.92. The van der Waals surface area contributed by atoms with Gasteiger partial charge >= 0.3 is 0 Å². The molecular formula is C8H10BrN. The third-order valence-electron chi connectivity index (χ3n) is 1.30. The first-order valence-electron chi connectivity index (χ1n) is 2.94. The molecule has 0 atom stereocenters. The van der Waals surface area contributed by atoms with Gasteiger partial charge in [-0.1, -0.05) is 6.07 Å². The first-order valence-corrected chi connectivity index (χ1v) is 2.94. The minimum atomic E-state index is 0. The van der Waals surface area contributed by atoms with Gasteiger partial charge in [0.1, 0.15) is 0 Å². The number of nitrogens with zero attached hydrogens (tertiary/aromatic N) is 1. The summed E-state index contributed by atoms with van der Waals surface area (Å²) in [7, 11) is 0. The Morgan fingerprint density at radius 1 is 1.50 bits per heavy atom. The maximum Gasteiger partial charge on any atom is 0.183 e. The Labute approximate surface area is 71.8 Å². The van der Waals surface area contributed by atoms with E-state index in [1.807, 2.05) is 35.9 Å². The number of rotatable bonds is 1. The molecule has 1 aromatic rings. The van der Waals surface area contributed by atoms with Crippen molar-refractivity contribution in [3.8, 4) is 0 Å². The summed E-state index contributed by atoms with van der Waals surface area (Å²) in [6.45, 7) is 5.70. The van der Waals surface area contributed by atoms with Gasteiger partial charge in [-0.15, -0.1) is 0 Å². The van der Waals surface area contributed by atoms with Crippen molar-refractivity contribution in [3.05, 3.63) is 36.7 Å². The van der Waals surface area contributed by atoms with Crippen LogP contribution in [0.3, 0.4) is 0 Å². The second kappa shape index (κ2) is 4.23. The maximum atomic E-state index is 3.65. The van der Waals surface area contributed by atoms with Gasteiger partial charge in [0.2, 0.25) is 0 Å². The normalized spacial score (nSPS) is 8.10. The maximum absolute atomic E-state index is 3.65. The second-order valence-electron chi connectivity index (χ2n) is 1.93. The molecule has 0 bridgehead atoms. The van der Waals surface area contributed by atoms with Crippen molar-refractivity contribution < 1.29 is 21.5 Å². The van der Waals surface area contributed by atoms with E-state index >= 15 is 0 Å². The fraction of sp³-hybridized carbons (Fsp3) is 0.125. The van der Waals surface area contributed by atoms with Crippen molar-refractivity contribution in [1.82, 2.24) is 0 Å². The van der Waals surface area contributed by atoms with Gasteiger partial charge in [0.25, 0.3) is 0 Å². The molecular weight excluding hydrogens is 190 g/mol. The Morgan fingerprint density at radius 2 is 2.20 bits per heavy atom. The van der Waals surface area contributed by atoms with E-state index in [9.17, 15) is 0 Å². The largest absolute Gasteiger partial charge is 1.00 e. The monoisotopic (exact) mass is 199 g/mol. The van der Waals surface area contributed by atoms with Crippen LogP contribution in [0.2, 0.25) is 0 Å². The molecule has 1 heterocycles. The Hall–Kier alpha value is -0.630. The lowest BCUT2D eigenvalue weighted by Crippen LogP contribution is -3.00. The fourth-order valence-electron chi connectivity index (χ4n) is 0.746. The Bertz CT molecular complexity index is 220. The molecule has 0 saturated carbocycles. The summed E-state index contributed by atoms with van der Waals surface area (Å²) in [5, 5.41) is 0. The van der Waals surface area contributed by atoms with Crippen molar-refractivity contribution in [2.24, 2.45) is 0 Å². The molecule has 0 N–H and O–H groups in total. The molecule has 2 heteroatoms. The van der Waals surface area contributed by atoms with Gasteiger partial charge in [0, 0.05) is 19.1 Å². The van der Waals surface area contributed by atoms with E-state index in [-0.39, 0.29) is 17.0 Å². The summed E-state index contributed by atoms with van der Waals surface area (Å²) in [5.41, 5.74) is 1.20. The van der Waals surface area contributed by atoms with E-state index in [2.05, 4.69) is 6.58 Å². The van der Waals surface area contributed by atoms with Crippen molar-refractivity contribution in [1.29, 1.82) is 0 Å². The lowest BCUT2D eigenvalue weighted by molar-refractivity contribution is -0.575. The summed E-state index contributed by atoms with van der Waals surface area (Å²) in [6, 6.07) is 6.03. The van der Waals surface area contributed by atoms with E-state index in [1.165, 1.54) is 5.69 Å². The number of pyridine rings is 1. The molecule has 0 unspecified atom stereocenters. The third kappa shape index (κ3) is 1.95. The van der Waals surface area contributed by atoms with Crippen LogP contribution < -0.4 is 21.5 Å². The SMILES string of the molecule is C=C[n+]1ccccc1C.[Br-]. The summed E-state index contributed by atoms with van der Waals surface area (Å²) in [4.78, 5) is 0. The Morgan fingerprint density at radius 3 is 2.60 bits per heavy atom. The molecule has 0 aromatic carbocycles. The van der Waals surface area contributed by atoms with E-state index in [0.29, 0.717) is 0 Å². The molecule has 0 saturated heterocycles. The van der Waals surface area contributed by atoms with Crippen LogP contribution in [0.15, 0.2) is 31.0 Å². The predicted octanol–water partition coefficient (Wildman–Crippen LogP) is -1.61. The quantitative estimate of drug-likeness (QED) is 0.480. The van der Waals surface area contributed by atoms with E-state index in [4.69, 9.17) is 0 Å². The van der Waals surface area contributed by atoms with Crippen LogP contribution in [0.4, 0.5) is 0 Å². The molecule has 10 heavy (non-hydrogen) atoms. The van der Waals surface area contributed by atoms with Gasteiger partial charge < -0.3 is 17.0 Å². The topological polar surface area (TPSA) is 3.88 Å². The second-order valence-corrected chi connectivity index (χ2v) is 1.93. The Balaban J connectivity index is 0.000000810. The number of aromatic nitrogens is 1. The lowest BCUT2D eigenvalue weighted by atomic mass is 10.4. The van der Waals surface area contributed by atoms with E-state index < -0.39 is 0 Å². The number of aryl methyl sites for hydroxylation is 1. The summed E-state index contributed by atoms with van der Waals surface area (Å²) < 4.78 is 1.97. The molecule has 1 rings (SSSR count). The fourth-order valence-corrected chi connectivity index (χ4v) is 0.746. The van der Waals surface area contributed by atoms with Crippen LogP contribution in [0.25, 0.3) is 6.20 Å². The van der Waals surface area contributed by atoms with Crippen molar-refractivity contribution in [2.45, 2.75) is 6.92 Å². The molecule has 0 fully saturated rings. The molecule has 0 amide bonds. The lowest BCUT2D eigenvalue weighted by Gasteiger charge is -1.88. The van der Waals surface area contributed by atoms with Crippen molar-refractivity contribution in [3.63, 3.8) is 0 Å². The summed E-state index contributed by atoms with van der Waals surface area (Å²) >= 11 is 0. The van der Waals surface area contributed by atoms with Gasteiger partial charge in [0.05, 0.1) is 0 Å². The van der Waals surface area contributed by atoms with Gasteiger partial charge in [-0.05, 0) is 6.58 Å². The van der Waals surface area contributed by atoms with Crippen LogP contribution in [-0.2, 0) is 0 Å². The average molecular weight is 200 g/mol. The standard InChI is InChI=1S/C8H10N.BrH/c1-3-9-7-5-4-6-8(9)2;/h3-7H,1H2,2H3;1H/q+1;/p-1. The highest BCUT2D eigenvalue weighted by Gasteiger charge is 1.95. The minimum Gasteiger partial charge on any atom is -1.00 e. The average Bonchev–Trinajstić information content (AvgIpc) is 1.89. The molecule has 0 aliphatic rings. The summed E-state index contributed by atoms with van der Waals surface area (Å²) in [5.74, 6) is 0. The molecule has 0 aliphatic heterocycles. The van der Waals surface area contributed by atoms with Gasteiger partial charge in [-0.2, -0.15) is 4.57 Å². The molecule has 0 spiro atoms. The minimum absolute atomic E-state index is 0. The number of halogens is 1. The summed E-state index contributed by atoms with van der Waals surface area (Å²) in [6.07, 6.45) is 3.76. The van der Waals surface area contributed by atoms with Crippen LogP contribution in [0.5, 0.6) is 0 Å². The van der Waals surface area contributed by atoms with Crippen LogP contribution in [0.1, 0.15) is 5.69 Å². The van der Waals surface area contributed by atoms with Crippen molar-refractivity contribution in [2.75, 3.05) is 0 Å². The van der Waals surface area contributed by atoms with Gasteiger partial charge in [0.15, 0.2) is 18.1 Å². The highest BCUT2D eigenvalue weighted by molar-refractivity contribution is 5.02. The number of hydrogen-bond donors (Lipinski definition) is 0. The molecule has 1 nitrogen and oxygen atoms in total. The molecule has 0 aliphatic carbocycles. The Kier molecular flexibility index (Phi) is 3.96. The van der Waals surface area contributed by atoms with Crippen LogP contribution in [0, 0.1) is 6.92 Å². The molecule has 54 valence electrons. The predicted molar refractivity (Wildman–Crippen MR) is 37.8 cm³/mol. The van der Waals surface area contributed by atoms with E-state index in [1.54, 1.807) is 6.20 Å². The zero-order valence-corrected chi connectivity index (χ0v) is 7.51. The van der Waals surface area contributed by atoms with Crippen LogP contribution in [-0.4, -0.2) is 0 Å². The van der Waals surface area contributed by atoms with Gasteiger partial charge in [-0.25, -0.2) is 0 Å². The molecule has 1 aromatic heterocycles. The first kappa shape index (κ1) is 9.37. The van der Waals surface area contributed by atoms with E-state index in [0.717, 1.165) is 0 Å². The number of hydrogen-bond acceptors (Lipinski definition) is 0. The smallest absolute Gasteiger partial charge is 0.183 e. The van der Waals surface area contributed by atoms with Crippen LogP contribution >= 0.6 is 0 Å². The molecule has 0 radical (unpaired) electrons. The zero-order chi connectivity index (χ0) is 6.69. The third-order valence-corrected chi connectivity index (χ3v) is 1.30. The highest BCUT2D eigenvalue weighted by Crippen LogP contribution is 1.85.